The van der Waals surface area contributed by atoms with E-state index in [0.717, 1.165) is 49.0 Å². The average molecular weight is 282 g/mol. The number of nitrogens with zero attached hydrogens (tertiary/aromatic N) is 7. The van der Waals surface area contributed by atoms with E-state index < -0.39 is 0 Å². The van der Waals surface area contributed by atoms with Gasteiger partial charge >= 0.3 is 0 Å². The van der Waals surface area contributed by atoms with E-state index in [0.29, 0.717) is 0 Å². The third-order valence-electron chi connectivity index (χ3n) is 3.64. The van der Waals surface area contributed by atoms with Crippen molar-refractivity contribution in [3.8, 4) is 0 Å². The van der Waals surface area contributed by atoms with Gasteiger partial charge in [0.25, 0.3) is 0 Å². The van der Waals surface area contributed by atoms with Gasteiger partial charge in [0.15, 0.2) is 5.65 Å². The highest BCUT2D eigenvalue weighted by molar-refractivity contribution is 5.86. The molecule has 8 heteroatoms. The Morgan fingerprint density at radius 2 is 1.67 bits per heavy atom. The lowest BCUT2D eigenvalue weighted by Gasteiger charge is -2.35. The number of anilines is 2. The molecule has 3 aromatic heterocycles. The highest BCUT2D eigenvalue weighted by Gasteiger charge is 2.21. The van der Waals surface area contributed by atoms with Crippen LogP contribution in [0.5, 0.6) is 0 Å². The van der Waals surface area contributed by atoms with Crippen LogP contribution in [-0.4, -0.2) is 56.3 Å². The van der Waals surface area contributed by atoms with Crippen LogP contribution in [0.4, 0.5) is 11.8 Å². The van der Waals surface area contributed by atoms with E-state index in [1.807, 2.05) is 6.07 Å². The third-order valence-corrected chi connectivity index (χ3v) is 3.64. The van der Waals surface area contributed by atoms with E-state index in [2.05, 4.69) is 39.9 Å². The van der Waals surface area contributed by atoms with E-state index in [-0.39, 0.29) is 0 Å². The minimum atomic E-state index is 0.772. The molecule has 21 heavy (non-hydrogen) atoms. The Balaban J connectivity index is 1.54. The smallest absolute Gasteiger partial charge is 0.225 e. The number of aromatic nitrogens is 6. The lowest BCUT2D eigenvalue weighted by Crippen LogP contribution is -2.47. The average Bonchev–Trinajstić information content (AvgIpc) is 3.04. The van der Waals surface area contributed by atoms with Crippen molar-refractivity contribution in [2.45, 2.75) is 0 Å². The maximum Gasteiger partial charge on any atom is 0.225 e. The molecule has 0 aromatic carbocycles. The zero-order chi connectivity index (χ0) is 14.1. The first-order chi connectivity index (χ1) is 10.4. The molecule has 0 spiro atoms. The van der Waals surface area contributed by atoms with E-state index in [4.69, 9.17) is 0 Å². The van der Waals surface area contributed by atoms with Gasteiger partial charge in [-0.3, -0.25) is 5.10 Å². The second-order valence-corrected chi connectivity index (χ2v) is 4.85. The van der Waals surface area contributed by atoms with Gasteiger partial charge in [0.1, 0.15) is 12.1 Å². The van der Waals surface area contributed by atoms with Crippen LogP contribution in [0.1, 0.15) is 0 Å². The summed E-state index contributed by atoms with van der Waals surface area (Å²) >= 11 is 0. The van der Waals surface area contributed by atoms with E-state index in [1.54, 1.807) is 24.9 Å². The Kier molecular flexibility index (Phi) is 2.84. The Bertz CT molecular complexity index is 732. The van der Waals surface area contributed by atoms with Gasteiger partial charge in [0.05, 0.1) is 11.6 Å². The van der Waals surface area contributed by atoms with Crippen LogP contribution < -0.4 is 9.80 Å². The van der Waals surface area contributed by atoms with E-state index in [1.165, 1.54) is 0 Å². The molecular formula is C13H14N8. The quantitative estimate of drug-likeness (QED) is 0.731. The zero-order valence-electron chi connectivity index (χ0n) is 11.3. The fourth-order valence-corrected chi connectivity index (χ4v) is 2.58. The number of hydrogen-bond acceptors (Lipinski definition) is 7. The molecule has 1 aliphatic rings. The largest absolute Gasteiger partial charge is 0.352 e. The highest BCUT2D eigenvalue weighted by atomic mass is 15.3. The Morgan fingerprint density at radius 3 is 2.48 bits per heavy atom. The summed E-state index contributed by atoms with van der Waals surface area (Å²) in [5.74, 6) is 1.72. The molecule has 0 unspecified atom stereocenters. The molecule has 4 rings (SSSR count). The Labute approximate surface area is 120 Å². The molecule has 1 aliphatic heterocycles. The van der Waals surface area contributed by atoms with Gasteiger partial charge in [-0.25, -0.2) is 19.9 Å². The van der Waals surface area contributed by atoms with Gasteiger partial charge in [-0.15, -0.1) is 0 Å². The first kappa shape index (κ1) is 12.0. The fourth-order valence-electron chi connectivity index (χ4n) is 2.58. The number of H-pyrrole nitrogens is 1. The van der Waals surface area contributed by atoms with Gasteiger partial charge in [-0.2, -0.15) is 5.10 Å². The second-order valence-electron chi connectivity index (χ2n) is 4.85. The molecule has 0 radical (unpaired) electrons. The number of piperazine rings is 1. The van der Waals surface area contributed by atoms with Gasteiger partial charge in [-0.05, 0) is 6.07 Å². The first-order valence-electron chi connectivity index (χ1n) is 6.83. The molecule has 1 saturated heterocycles. The van der Waals surface area contributed by atoms with Crippen molar-refractivity contribution in [1.29, 1.82) is 0 Å². The Hall–Kier alpha value is -2.77. The molecular weight excluding hydrogens is 268 g/mol. The number of rotatable bonds is 2. The van der Waals surface area contributed by atoms with Crippen LogP contribution in [0.25, 0.3) is 11.0 Å². The summed E-state index contributed by atoms with van der Waals surface area (Å²) in [7, 11) is 0. The minimum absolute atomic E-state index is 0.772. The molecule has 106 valence electrons. The van der Waals surface area contributed by atoms with Crippen molar-refractivity contribution in [3.05, 3.63) is 31.0 Å². The molecule has 4 heterocycles. The van der Waals surface area contributed by atoms with Gasteiger partial charge < -0.3 is 9.80 Å². The van der Waals surface area contributed by atoms with Crippen LogP contribution in [0.2, 0.25) is 0 Å². The summed E-state index contributed by atoms with van der Waals surface area (Å²) in [5, 5.41) is 7.87. The van der Waals surface area contributed by atoms with Crippen LogP contribution in [0, 0.1) is 0 Å². The number of aromatic amines is 1. The van der Waals surface area contributed by atoms with Crippen molar-refractivity contribution >= 4 is 22.8 Å². The maximum atomic E-state index is 4.41. The van der Waals surface area contributed by atoms with Crippen molar-refractivity contribution in [3.63, 3.8) is 0 Å². The standard InChI is InChI=1S/C13H14N8/c1-2-14-13(15-3-1)21-6-4-20(5-7-21)12-10-8-18-19-11(10)16-9-17-12/h1-3,8-9H,4-7H2,(H,16,17,18,19). The number of nitrogens with one attached hydrogen (secondary N) is 1. The minimum Gasteiger partial charge on any atom is -0.352 e. The predicted molar refractivity (Wildman–Crippen MR) is 78.1 cm³/mol. The topological polar surface area (TPSA) is 86.7 Å². The fraction of sp³-hybridized carbons (Fsp3) is 0.308. The summed E-state index contributed by atoms with van der Waals surface area (Å²) in [6.07, 6.45) is 6.89. The molecule has 0 amide bonds. The monoisotopic (exact) mass is 282 g/mol. The molecule has 8 nitrogen and oxygen atoms in total. The van der Waals surface area contributed by atoms with E-state index >= 15 is 0 Å². The molecule has 0 saturated carbocycles. The zero-order valence-corrected chi connectivity index (χ0v) is 11.3. The molecule has 1 fully saturated rings. The van der Waals surface area contributed by atoms with Gasteiger partial charge in [-0.1, -0.05) is 0 Å². The van der Waals surface area contributed by atoms with Crippen LogP contribution in [-0.2, 0) is 0 Å². The normalized spacial score (nSPS) is 15.6. The summed E-state index contributed by atoms with van der Waals surface area (Å²) in [4.78, 5) is 21.6. The molecule has 3 aromatic rings. The molecule has 0 bridgehead atoms. The summed E-state index contributed by atoms with van der Waals surface area (Å²) in [5.41, 5.74) is 0.772. The van der Waals surface area contributed by atoms with Crippen LogP contribution in [0.3, 0.4) is 0 Å². The lowest BCUT2D eigenvalue weighted by molar-refractivity contribution is 0.636. The maximum absolute atomic E-state index is 4.41. The summed E-state index contributed by atoms with van der Waals surface area (Å²) in [6.45, 7) is 3.48. The predicted octanol–water partition coefficient (Wildman–Crippen LogP) is 0.469. The second kappa shape index (κ2) is 4.97. The van der Waals surface area contributed by atoms with Gasteiger partial charge in [0.2, 0.25) is 5.95 Å². The molecule has 1 N–H and O–H groups in total. The van der Waals surface area contributed by atoms with E-state index in [9.17, 15) is 0 Å². The number of fused-ring (bicyclic) bond motifs is 1. The first-order valence-corrected chi connectivity index (χ1v) is 6.83. The lowest BCUT2D eigenvalue weighted by atomic mass is 10.3. The van der Waals surface area contributed by atoms with Crippen molar-refractivity contribution in [2.75, 3.05) is 36.0 Å². The van der Waals surface area contributed by atoms with Crippen LogP contribution >= 0.6 is 0 Å². The molecule has 0 aliphatic carbocycles. The summed E-state index contributed by atoms with van der Waals surface area (Å²) < 4.78 is 0. The molecule has 0 atom stereocenters. The third kappa shape index (κ3) is 2.14. The number of hydrogen-bond donors (Lipinski definition) is 1. The van der Waals surface area contributed by atoms with Crippen molar-refractivity contribution in [2.24, 2.45) is 0 Å². The van der Waals surface area contributed by atoms with Crippen molar-refractivity contribution < 1.29 is 0 Å². The van der Waals surface area contributed by atoms with Crippen LogP contribution in [0.15, 0.2) is 31.0 Å². The van der Waals surface area contributed by atoms with Gasteiger partial charge in [0, 0.05) is 38.6 Å². The highest BCUT2D eigenvalue weighted by Crippen LogP contribution is 2.22. The summed E-state index contributed by atoms with van der Waals surface area (Å²) in [6, 6.07) is 1.83. The SMILES string of the molecule is c1cnc(N2CCN(c3ncnc4[nH]ncc34)CC2)nc1. The Morgan fingerprint density at radius 1 is 0.905 bits per heavy atom. The van der Waals surface area contributed by atoms with Crippen molar-refractivity contribution in [1.82, 2.24) is 30.1 Å².